The van der Waals surface area contributed by atoms with Gasteiger partial charge in [0.2, 0.25) is 0 Å². The Bertz CT molecular complexity index is 248. The fourth-order valence-corrected chi connectivity index (χ4v) is 1.66. The van der Waals surface area contributed by atoms with Crippen LogP contribution in [0.4, 0.5) is 0 Å². The van der Waals surface area contributed by atoms with Crippen LogP contribution in [0.3, 0.4) is 0 Å². The molecule has 0 aliphatic carbocycles. The summed E-state index contributed by atoms with van der Waals surface area (Å²) in [7, 11) is 2.77. The number of methoxy groups -OCH3 is 2. The summed E-state index contributed by atoms with van der Waals surface area (Å²) in [5, 5.41) is 0. The lowest BCUT2D eigenvalue weighted by atomic mass is 9.93. The van der Waals surface area contributed by atoms with Crippen molar-refractivity contribution in [2.24, 2.45) is 5.92 Å². The van der Waals surface area contributed by atoms with Crippen molar-refractivity contribution in [1.82, 2.24) is 0 Å². The van der Waals surface area contributed by atoms with E-state index in [1.54, 1.807) is 0 Å². The number of rotatable bonds is 9. The Hall–Kier alpha value is -1.32. The molecule has 0 aromatic rings. The minimum Gasteiger partial charge on any atom is -0.469 e. The summed E-state index contributed by atoms with van der Waals surface area (Å²) < 4.78 is 9.22. The molecule has 0 aliphatic rings. The van der Waals surface area contributed by atoms with Crippen LogP contribution in [-0.2, 0) is 19.1 Å². The van der Waals surface area contributed by atoms with Gasteiger partial charge in [-0.1, -0.05) is 6.08 Å². The highest BCUT2D eigenvalue weighted by Crippen LogP contribution is 2.19. The summed E-state index contributed by atoms with van der Waals surface area (Å²) in [6.45, 7) is 3.66. The number of hydrogen-bond acceptors (Lipinski definition) is 4. The maximum atomic E-state index is 11.2. The second kappa shape index (κ2) is 9.87. The lowest BCUT2D eigenvalue weighted by Crippen LogP contribution is -2.11. The molecular formula is C13H22O4. The molecular weight excluding hydrogens is 220 g/mol. The summed E-state index contributed by atoms with van der Waals surface area (Å²) in [6, 6.07) is 0. The molecule has 4 nitrogen and oxygen atoms in total. The predicted octanol–water partition coefficient (Wildman–Crippen LogP) is 2.48. The van der Waals surface area contributed by atoms with Crippen molar-refractivity contribution in [3.8, 4) is 0 Å². The lowest BCUT2D eigenvalue weighted by Gasteiger charge is -2.14. The first-order chi connectivity index (χ1) is 8.13. The molecule has 1 unspecified atom stereocenters. The monoisotopic (exact) mass is 242 g/mol. The molecule has 0 heterocycles. The van der Waals surface area contributed by atoms with Gasteiger partial charge in [-0.2, -0.15) is 0 Å². The second-order valence-electron chi connectivity index (χ2n) is 3.98. The number of ether oxygens (including phenoxy) is 2. The number of carbonyl (C=O) groups is 2. The van der Waals surface area contributed by atoms with Gasteiger partial charge in [0.15, 0.2) is 0 Å². The second-order valence-corrected chi connectivity index (χ2v) is 3.98. The molecule has 4 heteroatoms. The molecule has 0 saturated carbocycles. The molecule has 98 valence electrons. The zero-order chi connectivity index (χ0) is 13.1. The molecule has 0 radical (unpaired) electrons. The largest absolute Gasteiger partial charge is 0.469 e. The third-order valence-electron chi connectivity index (χ3n) is 2.68. The van der Waals surface area contributed by atoms with Crippen LogP contribution in [0, 0.1) is 5.92 Å². The fourth-order valence-electron chi connectivity index (χ4n) is 1.66. The number of allylic oxidation sites excluding steroid dienone is 1. The Labute approximate surface area is 103 Å². The van der Waals surface area contributed by atoms with E-state index >= 15 is 0 Å². The van der Waals surface area contributed by atoms with Crippen LogP contribution in [0.5, 0.6) is 0 Å². The maximum absolute atomic E-state index is 11.2. The summed E-state index contributed by atoms with van der Waals surface area (Å²) in [5.41, 5.74) is 0. The van der Waals surface area contributed by atoms with E-state index in [1.165, 1.54) is 14.2 Å². The number of hydrogen-bond donors (Lipinski definition) is 0. The topological polar surface area (TPSA) is 52.6 Å². The molecule has 0 N–H and O–H groups in total. The summed E-state index contributed by atoms with van der Waals surface area (Å²) in [6.07, 6.45) is 6.00. The van der Waals surface area contributed by atoms with Crippen molar-refractivity contribution < 1.29 is 19.1 Å². The zero-order valence-electron chi connectivity index (χ0n) is 10.7. The minimum atomic E-state index is -0.203. The van der Waals surface area contributed by atoms with E-state index < -0.39 is 0 Å². The normalized spacial score (nSPS) is 11.6. The van der Waals surface area contributed by atoms with Gasteiger partial charge in [0.1, 0.15) is 0 Å². The highest BCUT2D eigenvalue weighted by molar-refractivity contribution is 5.69. The highest BCUT2D eigenvalue weighted by atomic mass is 16.5. The third-order valence-corrected chi connectivity index (χ3v) is 2.68. The van der Waals surface area contributed by atoms with Crippen LogP contribution in [0.1, 0.15) is 38.5 Å². The van der Waals surface area contributed by atoms with Gasteiger partial charge >= 0.3 is 11.9 Å². The van der Waals surface area contributed by atoms with E-state index in [2.05, 4.69) is 16.1 Å². The Balaban J connectivity index is 3.95. The number of esters is 2. The van der Waals surface area contributed by atoms with Crippen LogP contribution in [-0.4, -0.2) is 26.2 Å². The average Bonchev–Trinajstić information content (AvgIpc) is 2.34. The first-order valence-corrected chi connectivity index (χ1v) is 5.88. The van der Waals surface area contributed by atoms with Crippen LogP contribution in [0.15, 0.2) is 12.7 Å². The van der Waals surface area contributed by atoms with Gasteiger partial charge < -0.3 is 9.47 Å². The number of carbonyl (C=O) groups excluding carboxylic acids is 2. The van der Waals surface area contributed by atoms with E-state index in [4.69, 9.17) is 0 Å². The molecule has 0 aromatic carbocycles. The van der Waals surface area contributed by atoms with E-state index in [9.17, 15) is 9.59 Å². The summed E-state index contributed by atoms with van der Waals surface area (Å²) >= 11 is 0. The molecule has 0 bridgehead atoms. The van der Waals surface area contributed by atoms with Crippen LogP contribution in [0.2, 0.25) is 0 Å². The third kappa shape index (κ3) is 8.48. The van der Waals surface area contributed by atoms with Gasteiger partial charge in [-0.05, 0) is 31.6 Å². The molecule has 0 saturated heterocycles. The van der Waals surface area contributed by atoms with Gasteiger partial charge in [0.25, 0.3) is 0 Å². The van der Waals surface area contributed by atoms with E-state index in [0.717, 1.165) is 25.7 Å². The van der Waals surface area contributed by atoms with Gasteiger partial charge in [0.05, 0.1) is 14.2 Å². The van der Waals surface area contributed by atoms with Gasteiger partial charge in [-0.25, -0.2) is 0 Å². The van der Waals surface area contributed by atoms with Gasteiger partial charge in [-0.3, -0.25) is 9.59 Å². The van der Waals surface area contributed by atoms with Crippen LogP contribution < -0.4 is 0 Å². The highest BCUT2D eigenvalue weighted by Gasteiger charge is 2.14. The Morgan fingerprint density at radius 3 is 2.35 bits per heavy atom. The SMILES string of the molecule is C=CCCC(CCCC(=O)OC)CC(=O)OC. The van der Waals surface area contributed by atoms with Crippen molar-refractivity contribution in [3.63, 3.8) is 0 Å². The molecule has 0 rings (SSSR count). The van der Waals surface area contributed by atoms with Crippen LogP contribution >= 0.6 is 0 Å². The van der Waals surface area contributed by atoms with Crippen molar-refractivity contribution in [3.05, 3.63) is 12.7 Å². The quantitative estimate of drug-likeness (QED) is 0.460. The first-order valence-electron chi connectivity index (χ1n) is 5.88. The molecule has 0 spiro atoms. The fraction of sp³-hybridized carbons (Fsp3) is 0.692. The Kier molecular flexibility index (Phi) is 9.11. The smallest absolute Gasteiger partial charge is 0.305 e. The Morgan fingerprint density at radius 2 is 1.82 bits per heavy atom. The van der Waals surface area contributed by atoms with Gasteiger partial charge in [0, 0.05) is 12.8 Å². The van der Waals surface area contributed by atoms with Crippen LogP contribution in [0.25, 0.3) is 0 Å². The summed E-state index contributed by atoms with van der Waals surface area (Å²) in [4.78, 5) is 22.2. The predicted molar refractivity (Wildman–Crippen MR) is 65.4 cm³/mol. The molecule has 0 fully saturated rings. The van der Waals surface area contributed by atoms with Gasteiger partial charge in [-0.15, -0.1) is 6.58 Å². The lowest BCUT2D eigenvalue weighted by molar-refractivity contribution is -0.141. The summed E-state index contributed by atoms with van der Waals surface area (Å²) in [5.74, 6) is -0.146. The molecule has 17 heavy (non-hydrogen) atoms. The molecule has 0 aliphatic heterocycles. The van der Waals surface area contributed by atoms with E-state index in [1.807, 2.05) is 6.08 Å². The average molecular weight is 242 g/mol. The van der Waals surface area contributed by atoms with E-state index in [-0.39, 0.29) is 17.9 Å². The minimum absolute atomic E-state index is 0.197. The van der Waals surface area contributed by atoms with Crippen molar-refractivity contribution in [2.45, 2.75) is 38.5 Å². The molecule has 1 atom stereocenters. The first kappa shape index (κ1) is 15.7. The molecule has 0 aromatic heterocycles. The maximum Gasteiger partial charge on any atom is 0.305 e. The van der Waals surface area contributed by atoms with E-state index in [0.29, 0.717) is 12.8 Å². The Morgan fingerprint density at radius 1 is 1.18 bits per heavy atom. The standard InChI is InChI=1S/C13H22O4/c1-4-5-7-11(10-13(15)17-3)8-6-9-12(14)16-2/h4,11H,1,5-10H2,2-3H3. The zero-order valence-corrected chi connectivity index (χ0v) is 10.7. The van der Waals surface area contributed by atoms with Crippen molar-refractivity contribution in [2.75, 3.05) is 14.2 Å². The van der Waals surface area contributed by atoms with Crippen molar-refractivity contribution >= 4 is 11.9 Å². The molecule has 0 amide bonds. The van der Waals surface area contributed by atoms with Crippen molar-refractivity contribution in [1.29, 1.82) is 0 Å².